The largest absolute Gasteiger partial charge is 0.445 e. The lowest BCUT2D eigenvalue weighted by molar-refractivity contribution is -0.136. The predicted octanol–water partition coefficient (Wildman–Crippen LogP) is 3.67. The number of hydrogen-bond donors (Lipinski definition) is 1. The number of rotatable bonds is 18. The molecule has 0 aliphatic rings. The van der Waals surface area contributed by atoms with Gasteiger partial charge in [-0.1, -0.05) is 30.3 Å². The van der Waals surface area contributed by atoms with Crippen molar-refractivity contribution in [2.45, 2.75) is 13.0 Å². The lowest BCUT2D eigenvalue weighted by atomic mass is 10.2. The molecule has 0 atom stereocenters. The molecule has 0 spiro atoms. The van der Waals surface area contributed by atoms with Crippen LogP contribution in [-0.4, -0.2) is 71.5 Å². The van der Waals surface area contributed by atoms with Gasteiger partial charge in [0.25, 0.3) is 0 Å². The van der Waals surface area contributed by atoms with Crippen molar-refractivity contribution in [2.24, 2.45) is 0 Å². The molecule has 0 saturated heterocycles. The first-order valence-corrected chi connectivity index (χ1v) is 11.8. The molecule has 0 bridgehead atoms. The second-order valence-electron chi connectivity index (χ2n) is 7.56. The minimum absolute atomic E-state index is 0.0691. The molecule has 0 aliphatic carbocycles. The fraction of sp³-hybridized carbons (Fsp3) is 0.440. The maximum atomic E-state index is 13.5. The van der Waals surface area contributed by atoms with E-state index >= 15 is 0 Å². The van der Waals surface area contributed by atoms with Crippen molar-refractivity contribution < 1.29 is 60.0 Å². The smallest absolute Gasteiger partial charge is 0.407 e. The fourth-order valence-corrected chi connectivity index (χ4v) is 2.76. The van der Waals surface area contributed by atoms with Gasteiger partial charge >= 0.3 is 12.1 Å². The quantitative estimate of drug-likeness (QED) is 0.0730. The third kappa shape index (κ3) is 11.9. The number of nitrogens with one attached hydrogen (secondary N) is 1. The molecule has 0 saturated carbocycles. The van der Waals surface area contributed by atoms with Crippen LogP contribution in [0.2, 0.25) is 0 Å². The highest BCUT2D eigenvalue weighted by Gasteiger charge is 2.28. The first-order valence-electron chi connectivity index (χ1n) is 11.8. The van der Waals surface area contributed by atoms with Crippen molar-refractivity contribution in [3.8, 4) is 5.75 Å². The molecule has 1 amide bonds. The van der Waals surface area contributed by atoms with Gasteiger partial charge in [-0.15, -0.1) is 0 Å². The monoisotopic (exact) mass is 565 g/mol. The minimum atomic E-state index is -2.35. The number of halogens is 5. The van der Waals surface area contributed by atoms with Crippen LogP contribution in [0.1, 0.15) is 12.0 Å². The van der Waals surface area contributed by atoms with E-state index in [1.807, 2.05) is 30.3 Å². The number of alkyl carbamates (subject to hydrolysis) is 1. The molecule has 0 fully saturated rings. The summed E-state index contributed by atoms with van der Waals surface area (Å²) in [5.41, 5.74) is 0.885. The van der Waals surface area contributed by atoms with E-state index < -0.39 is 53.3 Å². The molecule has 2 rings (SSSR count). The lowest BCUT2D eigenvalue weighted by Crippen LogP contribution is -2.28. The van der Waals surface area contributed by atoms with Crippen LogP contribution in [0.3, 0.4) is 0 Å². The Labute approximate surface area is 221 Å². The molecule has 2 aromatic carbocycles. The lowest BCUT2D eigenvalue weighted by Gasteiger charge is -2.09. The summed E-state index contributed by atoms with van der Waals surface area (Å²) >= 11 is 0. The second-order valence-corrected chi connectivity index (χ2v) is 7.56. The topological polar surface area (TPSA) is 102 Å². The molecule has 0 unspecified atom stereocenters. The van der Waals surface area contributed by atoms with Gasteiger partial charge in [-0.25, -0.2) is 18.0 Å². The third-order valence-electron chi connectivity index (χ3n) is 4.68. The molecule has 1 N–H and O–H groups in total. The summed E-state index contributed by atoms with van der Waals surface area (Å²) < 4.78 is 96.4. The van der Waals surface area contributed by atoms with Gasteiger partial charge in [0.15, 0.2) is 0 Å². The molecule has 14 heteroatoms. The van der Waals surface area contributed by atoms with Gasteiger partial charge in [-0.2, -0.15) is 8.78 Å². The second kappa shape index (κ2) is 18.0. The molecule has 39 heavy (non-hydrogen) atoms. The van der Waals surface area contributed by atoms with Crippen molar-refractivity contribution in [3.63, 3.8) is 0 Å². The van der Waals surface area contributed by atoms with Gasteiger partial charge in [0.1, 0.15) is 6.61 Å². The standard InChI is InChI=1S/C25H28F5NO8/c26-19-20(27)22(29)24(23(30)21(19)28)39-18(32)6-8-34-10-12-36-14-15-37-13-11-35-9-7-31-25(33)38-16-17-4-2-1-3-5-17/h1-5H,6-16H2,(H,31,33). The first kappa shape index (κ1) is 31.9. The Bertz CT molecular complexity index is 1020. The van der Waals surface area contributed by atoms with Crippen LogP contribution in [0.15, 0.2) is 30.3 Å². The summed E-state index contributed by atoms with van der Waals surface area (Å²) in [6.07, 6.45) is -1.03. The van der Waals surface area contributed by atoms with E-state index in [-0.39, 0.29) is 52.8 Å². The summed E-state index contributed by atoms with van der Waals surface area (Å²) in [5.74, 6) is -14.2. The van der Waals surface area contributed by atoms with Gasteiger partial charge in [-0.05, 0) is 5.56 Å². The summed E-state index contributed by atoms with van der Waals surface area (Å²) in [7, 11) is 0. The van der Waals surface area contributed by atoms with E-state index in [1.165, 1.54) is 0 Å². The van der Waals surface area contributed by atoms with Crippen molar-refractivity contribution in [1.82, 2.24) is 5.32 Å². The van der Waals surface area contributed by atoms with Gasteiger partial charge in [0, 0.05) is 6.54 Å². The predicted molar refractivity (Wildman–Crippen MR) is 124 cm³/mol. The average Bonchev–Trinajstić information content (AvgIpc) is 2.94. The fourth-order valence-electron chi connectivity index (χ4n) is 2.76. The van der Waals surface area contributed by atoms with Crippen LogP contribution in [0.25, 0.3) is 0 Å². The average molecular weight is 565 g/mol. The zero-order valence-electron chi connectivity index (χ0n) is 20.8. The Morgan fingerprint density at radius 1 is 0.641 bits per heavy atom. The third-order valence-corrected chi connectivity index (χ3v) is 4.68. The minimum Gasteiger partial charge on any atom is -0.445 e. The SMILES string of the molecule is O=C(CCOCCOCCOCCOCCNC(=O)OCc1ccccc1)Oc1c(F)c(F)c(F)c(F)c1F. The molecule has 0 aromatic heterocycles. The summed E-state index contributed by atoms with van der Waals surface area (Å²) in [5, 5.41) is 2.57. The van der Waals surface area contributed by atoms with Gasteiger partial charge < -0.3 is 33.7 Å². The molecular formula is C25H28F5NO8. The molecule has 0 radical (unpaired) electrons. The van der Waals surface area contributed by atoms with E-state index in [9.17, 15) is 31.5 Å². The maximum Gasteiger partial charge on any atom is 0.407 e. The van der Waals surface area contributed by atoms with Gasteiger partial charge in [0.05, 0.1) is 59.3 Å². The zero-order valence-corrected chi connectivity index (χ0v) is 20.8. The van der Waals surface area contributed by atoms with Crippen molar-refractivity contribution in [1.29, 1.82) is 0 Å². The Morgan fingerprint density at radius 3 is 1.69 bits per heavy atom. The number of hydrogen-bond acceptors (Lipinski definition) is 8. The normalized spacial score (nSPS) is 10.9. The first-order chi connectivity index (χ1) is 18.8. The molecule has 9 nitrogen and oxygen atoms in total. The zero-order chi connectivity index (χ0) is 28.5. The molecule has 0 aliphatic heterocycles. The molecule has 216 valence electrons. The van der Waals surface area contributed by atoms with E-state index in [0.717, 1.165) is 5.56 Å². The highest BCUT2D eigenvalue weighted by molar-refractivity contribution is 5.72. The Hall–Kier alpha value is -3.33. The highest BCUT2D eigenvalue weighted by atomic mass is 19.2. The van der Waals surface area contributed by atoms with E-state index in [2.05, 4.69) is 10.1 Å². The number of amides is 1. The van der Waals surface area contributed by atoms with Crippen LogP contribution in [-0.2, 0) is 35.1 Å². The highest BCUT2D eigenvalue weighted by Crippen LogP contribution is 2.29. The van der Waals surface area contributed by atoms with Crippen molar-refractivity contribution in [2.75, 3.05) is 59.4 Å². The van der Waals surface area contributed by atoms with Gasteiger partial charge in [0.2, 0.25) is 34.8 Å². The Kier molecular flexibility index (Phi) is 14.8. The summed E-state index contributed by atoms with van der Waals surface area (Å²) in [4.78, 5) is 23.2. The van der Waals surface area contributed by atoms with E-state index in [1.54, 1.807) is 0 Å². The molecular weight excluding hydrogens is 537 g/mol. The van der Waals surface area contributed by atoms with Crippen LogP contribution in [0.4, 0.5) is 26.7 Å². The number of carbonyl (C=O) groups excluding carboxylic acids is 2. The molecule has 0 heterocycles. The number of ether oxygens (including phenoxy) is 6. The van der Waals surface area contributed by atoms with Crippen LogP contribution in [0, 0.1) is 29.1 Å². The Morgan fingerprint density at radius 2 is 1.13 bits per heavy atom. The van der Waals surface area contributed by atoms with Crippen LogP contribution >= 0.6 is 0 Å². The molecule has 2 aromatic rings. The number of benzene rings is 2. The van der Waals surface area contributed by atoms with Crippen molar-refractivity contribution in [3.05, 3.63) is 65.0 Å². The van der Waals surface area contributed by atoms with E-state index in [4.69, 9.17) is 23.7 Å². The number of esters is 1. The van der Waals surface area contributed by atoms with Gasteiger partial charge in [-0.3, -0.25) is 4.79 Å². The maximum absolute atomic E-state index is 13.5. The Balaban J connectivity index is 1.37. The van der Waals surface area contributed by atoms with Crippen LogP contribution < -0.4 is 10.1 Å². The number of carbonyl (C=O) groups is 2. The van der Waals surface area contributed by atoms with Crippen LogP contribution in [0.5, 0.6) is 5.75 Å². The van der Waals surface area contributed by atoms with Crippen molar-refractivity contribution >= 4 is 12.1 Å². The summed E-state index contributed by atoms with van der Waals surface area (Å²) in [6.45, 7) is 1.89. The summed E-state index contributed by atoms with van der Waals surface area (Å²) in [6, 6.07) is 9.28. The van der Waals surface area contributed by atoms with E-state index in [0.29, 0.717) is 13.2 Å².